The number of aromatic nitrogens is 2. The summed E-state index contributed by atoms with van der Waals surface area (Å²) in [6.45, 7) is 2.35. The van der Waals surface area contributed by atoms with E-state index < -0.39 is 23.8 Å². The third-order valence-electron chi connectivity index (χ3n) is 5.20. The molecule has 0 saturated carbocycles. The van der Waals surface area contributed by atoms with E-state index in [1.807, 2.05) is 6.92 Å². The molecule has 2 heterocycles. The third kappa shape index (κ3) is 4.63. The third-order valence-corrected chi connectivity index (χ3v) is 6.17. The maximum absolute atomic E-state index is 13.2. The van der Waals surface area contributed by atoms with Gasteiger partial charge in [-0.05, 0) is 36.8 Å². The second kappa shape index (κ2) is 8.97. The van der Waals surface area contributed by atoms with Crippen LogP contribution < -0.4 is 15.4 Å². The highest BCUT2D eigenvalue weighted by atomic mass is 32.2. The topological polar surface area (TPSA) is 90.5 Å². The van der Waals surface area contributed by atoms with Crippen molar-refractivity contribution in [1.29, 1.82) is 0 Å². The van der Waals surface area contributed by atoms with E-state index in [0.29, 0.717) is 40.6 Å². The molecule has 1 aliphatic heterocycles. The summed E-state index contributed by atoms with van der Waals surface area (Å²) in [5.41, 5.74) is 5.96. The number of nitrogens with zero attached hydrogens (tertiary/aromatic N) is 3. The predicted octanol–water partition coefficient (Wildman–Crippen LogP) is 3.84. The van der Waals surface area contributed by atoms with E-state index in [-0.39, 0.29) is 18.2 Å². The quantitative estimate of drug-likeness (QED) is 0.544. The number of imidazole rings is 1. The molecule has 2 amide bonds. The van der Waals surface area contributed by atoms with Crippen LogP contribution in [0.15, 0.2) is 47.6 Å². The van der Waals surface area contributed by atoms with E-state index in [9.17, 15) is 22.8 Å². The van der Waals surface area contributed by atoms with E-state index in [4.69, 9.17) is 10.5 Å². The van der Waals surface area contributed by atoms with Crippen molar-refractivity contribution in [2.75, 3.05) is 17.2 Å². The molecule has 1 atom stereocenters. The molecule has 7 nitrogen and oxygen atoms in total. The van der Waals surface area contributed by atoms with E-state index in [1.54, 1.807) is 28.8 Å². The SMILES string of the molecule is CCCn1c(SCC(=O)N2C[C@@H](C(N)=O)Oc3ccccc32)nc2ccc(C(F)(F)F)cc21. The standard InChI is InChI=1S/C22H21F3N4O3S/c1-2-9-28-16-10-13(22(23,24)25)7-8-14(16)27-21(28)33-12-19(30)29-11-18(20(26)31)32-17-6-4-3-5-15(17)29/h3-8,10,18H,2,9,11-12H2,1H3,(H2,26,31)/t18-/m0/s1. The molecule has 1 aliphatic rings. The minimum Gasteiger partial charge on any atom is -0.477 e. The van der Waals surface area contributed by atoms with Crippen molar-refractivity contribution in [2.24, 2.45) is 5.73 Å². The second-order valence-electron chi connectivity index (χ2n) is 7.52. The van der Waals surface area contributed by atoms with Crippen LogP contribution in [0.5, 0.6) is 5.75 Å². The van der Waals surface area contributed by atoms with Crippen LogP contribution in [0.25, 0.3) is 11.0 Å². The maximum atomic E-state index is 13.2. The summed E-state index contributed by atoms with van der Waals surface area (Å²) in [5.74, 6) is -0.629. The number of anilines is 1. The van der Waals surface area contributed by atoms with E-state index >= 15 is 0 Å². The van der Waals surface area contributed by atoms with Crippen LogP contribution in [0.3, 0.4) is 0 Å². The van der Waals surface area contributed by atoms with Gasteiger partial charge in [0.05, 0.1) is 34.6 Å². The molecule has 0 fully saturated rings. The molecule has 11 heteroatoms. The number of benzene rings is 2. The van der Waals surface area contributed by atoms with Gasteiger partial charge >= 0.3 is 6.18 Å². The number of fused-ring (bicyclic) bond motifs is 2. The normalized spacial score (nSPS) is 15.9. The molecule has 1 aromatic heterocycles. The lowest BCUT2D eigenvalue weighted by Gasteiger charge is -2.33. The van der Waals surface area contributed by atoms with Gasteiger partial charge in [0.1, 0.15) is 5.75 Å². The zero-order valence-corrected chi connectivity index (χ0v) is 18.4. The molecule has 3 aromatic rings. The highest BCUT2D eigenvalue weighted by molar-refractivity contribution is 7.99. The highest BCUT2D eigenvalue weighted by Gasteiger charge is 2.33. The van der Waals surface area contributed by atoms with Crippen LogP contribution >= 0.6 is 11.8 Å². The number of rotatable bonds is 6. The van der Waals surface area contributed by atoms with Crippen molar-refractivity contribution in [2.45, 2.75) is 37.3 Å². The van der Waals surface area contributed by atoms with Crippen molar-refractivity contribution in [3.63, 3.8) is 0 Å². The van der Waals surface area contributed by atoms with Crippen LogP contribution in [0.4, 0.5) is 18.9 Å². The summed E-state index contributed by atoms with van der Waals surface area (Å²) in [7, 11) is 0. The minimum absolute atomic E-state index is 0.0218. The van der Waals surface area contributed by atoms with Gasteiger partial charge in [-0.2, -0.15) is 13.2 Å². The Labute approximate surface area is 191 Å². The molecule has 174 valence electrons. The van der Waals surface area contributed by atoms with E-state index in [2.05, 4.69) is 4.98 Å². The van der Waals surface area contributed by atoms with Crippen LogP contribution in [0, 0.1) is 0 Å². The first-order valence-corrected chi connectivity index (χ1v) is 11.2. The number of primary amides is 1. The number of para-hydroxylation sites is 2. The zero-order valence-electron chi connectivity index (χ0n) is 17.6. The molecule has 0 aliphatic carbocycles. The fourth-order valence-corrected chi connectivity index (χ4v) is 4.57. The Balaban J connectivity index is 1.60. The van der Waals surface area contributed by atoms with E-state index in [0.717, 1.165) is 23.9 Å². The Morgan fingerprint density at radius 2 is 2.00 bits per heavy atom. The number of thioether (sulfide) groups is 1. The van der Waals surface area contributed by atoms with Gasteiger partial charge in [-0.3, -0.25) is 9.59 Å². The van der Waals surface area contributed by atoms with Crippen molar-refractivity contribution in [1.82, 2.24) is 9.55 Å². The van der Waals surface area contributed by atoms with Gasteiger partial charge in [-0.25, -0.2) is 4.98 Å². The number of alkyl halides is 3. The molecule has 2 aromatic carbocycles. The number of carbonyl (C=O) groups is 2. The number of aryl methyl sites for hydroxylation is 1. The van der Waals surface area contributed by atoms with Crippen LogP contribution in [0.2, 0.25) is 0 Å². The van der Waals surface area contributed by atoms with Crippen molar-refractivity contribution < 1.29 is 27.5 Å². The number of halogens is 3. The zero-order chi connectivity index (χ0) is 23.8. The van der Waals surface area contributed by atoms with Crippen LogP contribution in [0.1, 0.15) is 18.9 Å². The fraction of sp³-hybridized carbons (Fsp3) is 0.318. The molecule has 0 spiro atoms. The summed E-state index contributed by atoms with van der Waals surface area (Å²) in [5, 5.41) is 0.451. The summed E-state index contributed by atoms with van der Waals surface area (Å²) < 4.78 is 46.8. The first kappa shape index (κ1) is 23.0. The summed E-state index contributed by atoms with van der Waals surface area (Å²) in [6, 6.07) is 10.3. The fourth-order valence-electron chi connectivity index (χ4n) is 3.65. The first-order chi connectivity index (χ1) is 15.7. The number of amides is 2. The number of carbonyl (C=O) groups excluding carboxylic acids is 2. The van der Waals surface area contributed by atoms with Crippen molar-refractivity contribution >= 4 is 40.3 Å². The number of hydrogen-bond acceptors (Lipinski definition) is 5. The Morgan fingerprint density at radius 3 is 2.70 bits per heavy atom. The predicted molar refractivity (Wildman–Crippen MR) is 118 cm³/mol. The average Bonchev–Trinajstić information content (AvgIpc) is 3.13. The van der Waals surface area contributed by atoms with Crippen molar-refractivity contribution in [3.05, 3.63) is 48.0 Å². The highest BCUT2D eigenvalue weighted by Crippen LogP contribution is 2.35. The smallest absolute Gasteiger partial charge is 0.416 e. The van der Waals surface area contributed by atoms with Gasteiger partial charge in [0.15, 0.2) is 11.3 Å². The lowest BCUT2D eigenvalue weighted by molar-refractivity contribution is -0.137. The molecule has 0 radical (unpaired) electrons. The van der Waals surface area contributed by atoms with Crippen molar-refractivity contribution in [3.8, 4) is 5.75 Å². The van der Waals surface area contributed by atoms with Gasteiger partial charge in [-0.1, -0.05) is 30.8 Å². The first-order valence-electron chi connectivity index (χ1n) is 10.2. The number of nitrogens with two attached hydrogens (primary N) is 1. The Kier molecular flexibility index (Phi) is 6.24. The lowest BCUT2D eigenvalue weighted by Crippen LogP contribution is -2.49. The molecule has 0 bridgehead atoms. The monoisotopic (exact) mass is 478 g/mol. The molecular weight excluding hydrogens is 457 g/mol. The summed E-state index contributed by atoms with van der Waals surface area (Å²) in [4.78, 5) is 30.7. The Hall–Kier alpha value is -3.21. The second-order valence-corrected chi connectivity index (χ2v) is 8.46. The van der Waals surface area contributed by atoms with Gasteiger partial charge in [0.25, 0.3) is 5.91 Å². The molecule has 4 rings (SSSR count). The van der Waals surface area contributed by atoms with E-state index in [1.165, 1.54) is 11.0 Å². The average molecular weight is 478 g/mol. The lowest BCUT2D eigenvalue weighted by atomic mass is 10.2. The largest absolute Gasteiger partial charge is 0.477 e. The van der Waals surface area contributed by atoms with Gasteiger partial charge in [-0.15, -0.1) is 0 Å². The Bertz CT molecular complexity index is 1210. The molecule has 33 heavy (non-hydrogen) atoms. The number of hydrogen-bond donors (Lipinski definition) is 1. The molecule has 0 unspecified atom stereocenters. The summed E-state index contributed by atoms with van der Waals surface area (Å²) >= 11 is 1.13. The summed E-state index contributed by atoms with van der Waals surface area (Å²) in [6.07, 6.45) is -4.75. The molecule has 2 N–H and O–H groups in total. The van der Waals surface area contributed by atoms with Gasteiger partial charge in [0, 0.05) is 6.54 Å². The molecule has 0 saturated heterocycles. The molecular formula is C22H21F3N4O3S. The van der Waals surface area contributed by atoms with Gasteiger partial charge < -0.3 is 19.9 Å². The van der Waals surface area contributed by atoms with Crippen LogP contribution in [-0.2, 0) is 22.3 Å². The van der Waals surface area contributed by atoms with Gasteiger partial charge in [0.2, 0.25) is 5.91 Å². The van der Waals surface area contributed by atoms with Crippen LogP contribution in [-0.4, -0.2) is 39.8 Å². The number of ether oxygens (including phenoxy) is 1. The maximum Gasteiger partial charge on any atom is 0.416 e. The Morgan fingerprint density at radius 1 is 1.24 bits per heavy atom. The minimum atomic E-state index is -4.46.